The van der Waals surface area contributed by atoms with E-state index in [0.717, 1.165) is 16.3 Å². The molecule has 2 aromatic rings. The van der Waals surface area contributed by atoms with Crippen LogP contribution in [0, 0.1) is 0 Å². The van der Waals surface area contributed by atoms with Crippen molar-refractivity contribution >= 4 is 23.9 Å². The number of ether oxygens (including phenoxy) is 1. The Labute approximate surface area is 162 Å². The van der Waals surface area contributed by atoms with Crippen molar-refractivity contribution in [2.45, 2.75) is 64.5 Å². The van der Waals surface area contributed by atoms with Crippen molar-refractivity contribution in [2.24, 2.45) is 0 Å². The zero-order chi connectivity index (χ0) is 19.9. The van der Waals surface area contributed by atoms with Gasteiger partial charge in [-0.1, -0.05) is 49.4 Å². The molecule has 0 aromatic heterocycles. The van der Waals surface area contributed by atoms with Crippen molar-refractivity contribution in [3.63, 3.8) is 0 Å². The molecule has 4 nitrogen and oxygen atoms in total. The summed E-state index contributed by atoms with van der Waals surface area (Å²) in [6.07, 6.45) is 0.190. The number of benzene rings is 2. The van der Waals surface area contributed by atoms with Crippen molar-refractivity contribution in [3.05, 3.63) is 48.0 Å². The molecule has 0 saturated carbocycles. The van der Waals surface area contributed by atoms with Gasteiger partial charge in [-0.25, -0.2) is 0 Å². The fraction of sp³-hybridized carbons (Fsp3) is 0.500. The SMILES string of the molecule is CCOC(=O)CC(C)(B1OC(C)(C)C(C)(C)O1)c1ccc2ccccc2c1. The number of rotatable bonds is 5. The van der Waals surface area contributed by atoms with Crippen LogP contribution in [0.5, 0.6) is 0 Å². The molecule has 0 aliphatic carbocycles. The van der Waals surface area contributed by atoms with Crippen LogP contribution >= 0.6 is 0 Å². The summed E-state index contributed by atoms with van der Waals surface area (Å²) in [5, 5.41) is 1.62. The van der Waals surface area contributed by atoms with Gasteiger partial charge in [-0.15, -0.1) is 0 Å². The summed E-state index contributed by atoms with van der Waals surface area (Å²) < 4.78 is 17.9. The summed E-state index contributed by atoms with van der Waals surface area (Å²) >= 11 is 0. The molecule has 0 N–H and O–H groups in total. The van der Waals surface area contributed by atoms with E-state index < -0.39 is 23.6 Å². The van der Waals surface area contributed by atoms with Gasteiger partial charge < -0.3 is 14.0 Å². The summed E-state index contributed by atoms with van der Waals surface area (Å²) in [6.45, 7) is 12.3. The molecule has 1 heterocycles. The van der Waals surface area contributed by atoms with Crippen molar-refractivity contribution < 1.29 is 18.8 Å². The van der Waals surface area contributed by atoms with Gasteiger partial charge in [0.2, 0.25) is 0 Å². The van der Waals surface area contributed by atoms with E-state index in [-0.39, 0.29) is 12.4 Å². The van der Waals surface area contributed by atoms with Crippen LogP contribution in [0.3, 0.4) is 0 Å². The predicted octanol–water partition coefficient (Wildman–Crippen LogP) is 4.68. The Morgan fingerprint density at radius 1 is 1.04 bits per heavy atom. The second-order valence-electron chi connectivity index (χ2n) is 8.55. The third-order valence-corrected chi connectivity index (χ3v) is 6.00. The molecule has 0 radical (unpaired) electrons. The number of hydrogen-bond donors (Lipinski definition) is 0. The first-order chi connectivity index (χ1) is 12.6. The highest BCUT2D eigenvalue weighted by Gasteiger charge is 2.59. The molecule has 5 heteroatoms. The molecule has 0 bridgehead atoms. The second kappa shape index (κ2) is 6.95. The topological polar surface area (TPSA) is 44.8 Å². The summed E-state index contributed by atoms with van der Waals surface area (Å²) in [5.74, 6) is -0.247. The molecule has 2 aromatic carbocycles. The van der Waals surface area contributed by atoms with Gasteiger partial charge in [-0.05, 0) is 51.0 Å². The van der Waals surface area contributed by atoms with E-state index in [4.69, 9.17) is 14.0 Å². The Kier molecular flexibility index (Phi) is 5.13. The van der Waals surface area contributed by atoms with Crippen LogP contribution in [0.25, 0.3) is 10.8 Å². The van der Waals surface area contributed by atoms with Crippen LogP contribution in [-0.2, 0) is 24.2 Å². The lowest BCUT2D eigenvalue weighted by Crippen LogP contribution is -2.45. The lowest BCUT2D eigenvalue weighted by Gasteiger charge is -2.32. The van der Waals surface area contributed by atoms with Crippen LogP contribution in [0.4, 0.5) is 0 Å². The van der Waals surface area contributed by atoms with Crippen molar-refractivity contribution in [2.75, 3.05) is 6.61 Å². The highest BCUT2D eigenvalue weighted by Crippen LogP contribution is 2.45. The molecular formula is C22H29BO4. The molecule has 1 unspecified atom stereocenters. The largest absolute Gasteiger partial charge is 0.469 e. The molecular weight excluding hydrogens is 339 g/mol. The van der Waals surface area contributed by atoms with E-state index in [2.05, 4.69) is 30.3 Å². The zero-order valence-electron chi connectivity index (χ0n) is 17.2. The van der Waals surface area contributed by atoms with Crippen LogP contribution in [0.1, 0.15) is 53.5 Å². The second-order valence-corrected chi connectivity index (χ2v) is 8.55. The van der Waals surface area contributed by atoms with E-state index in [9.17, 15) is 4.79 Å². The van der Waals surface area contributed by atoms with Crippen molar-refractivity contribution in [3.8, 4) is 0 Å². The van der Waals surface area contributed by atoms with Gasteiger partial charge in [0.1, 0.15) is 0 Å². The van der Waals surface area contributed by atoms with Crippen molar-refractivity contribution in [1.29, 1.82) is 0 Å². The van der Waals surface area contributed by atoms with E-state index in [1.165, 1.54) is 0 Å². The third kappa shape index (κ3) is 3.63. The van der Waals surface area contributed by atoms with Crippen LogP contribution in [0.2, 0.25) is 0 Å². The zero-order valence-corrected chi connectivity index (χ0v) is 17.2. The molecule has 3 rings (SSSR count). The Morgan fingerprint density at radius 3 is 2.22 bits per heavy atom. The molecule has 1 saturated heterocycles. The Bertz CT molecular complexity index is 829. The van der Waals surface area contributed by atoms with Crippen LogP contribution in [-0.4, -0.2) is 30.9 Å². The maximum atomic E-state index is 12.4. The van der Waals surface area contributed by atoms with Gasteiger partial charge in [0.25, 0.3) is 0 Å². The average molecular weight is 368 g/mol. The fourth-order valence-corrected chi connectivity index (χ4v) is 3.48. The molecule has 27 heavy (non-hydrogen) atoms. The first-order valence-corrected chi connectivity index (χ1v) is 9.59. The molecule has 1 aliphatic rings. The molecule has 1 atom stereocenters. The first kappa shape index (κ1) is 19.9. The normalized spacial score (nSPS) is 20.4. The summed E-state index contributed by atoms with van der Waals surface area (Å²) in [5.41, 5.74) is 0.0715. The standard InChI is InChI=1S/C22H29BO4/c1-7-25-19(24)15-22(6,23-26-20(2,3)21(4,5)27-23)18-13-12-16-10-8-9-11-17(16)14-18/h8-14H,7,15H2,1-6H3. The van der Waals surface area contributed by atoms with Gasteiger partial charge in [-0.2, -0.15) is 0 Å². The van der Waals surface area contributed by atoms with Gasteiger partial charge in [0.05, 0.1) is 24.2 Å². The van der Waals surface area contributed by atoms with Gasteiger partial charge >= 0.3 is 13.1 Å². The van der Waals surface area contributed by atoms with E-state index >= 15 is 0 Å². The summed E-state index contributed by atoms with van der Waals surface area (Å²) in [6, 6.07) is 14.5. The molecule has 144 valence electrons. The summed E-state index contributed by atoms with van der Waals surface area (Å²) in [7, 11) is -0.548. The van der Waals surface area contributed by atoms with E-state index in [1.807, 2.05) is 53.7 Å². The number of carbonyl (C=O) groups is 1. The van der Waals surface area contributed by atoms with Gasteiger partial charge in [0, 0.05) is 5.31 Å². The highest BCUT2D eigenvalue weighted by molar-refractivity contribution is 6.50. The maximum absolute atomic E-state index is 12.4. The Hall–Kier alpha value is -1.85. The van der Waals surface area contributed by atoms with Gasteiger partial charge in [-0.3, -0.25) is 4.79 Å². The van der Waals surface area contributed by atoms with Crippen LogP contribution < -0.4 is 0 Å². The number of esters is 1. The Balaban J connectivity index is 2.05. The number of hydrogen-bond acceptors (Lipinski definition) is 4. The molecule has 1 aliphatic heterocycles. The molecule has 0 spiro atoms. The smallest absolute Gasteiger partial charge is 0.466 e. The van der Waals surface area contributed by atoms with Gasteiger partial charge in [0.15, 0.2) is 0 Å². The quantitative estimate of drug-likeness (QED) is 0.568. The molecule has 1 fully saturated rings. The third-order valence-electron chi connectivity index (χ3n) is 6.00. The Morgan fingerprint density at radius 2 is 1.63 bits per heavy atom. The maximum Gasteiger partial charge on any atom is 0.469 e. The monoisotopic (exact) mass is 368 g/mol. The fourth-order valence-electron chi connectivity index (χ4n) is 3.48. The minimum Gasteiger partial charge on any atom is -0.466 e. The summed E-state index contributed by atoms with van der Waals surface area (Å²) in [4.78, 5) is 12.4. The van der Waals surface area contributed by atoms with E-state index in [0.29, 0.717) is 6.61 Å². The van der Waals surface area contributed by atoms with Crippen molar-refractivity contribution in [1.82, 2.24) is 0 Å². The predicted molar refractivity (Wildman–Crippen MR) is 109 cm³/mol. The molecule has 0 amide bonds. The number of fused-ring (bicyclic) bond motifs is 1. The van der Waals surface area contributed by atoms with E-state index in [1.54, 1.807) is 0 Å². The lowest BCUT2D eigenvalue weighted by molar-refractivity contribution is -0.144. The first-order valence-electron chi connectivity index (χ1n) is 9.59. The lowest BCUT2D eigenvalue weighted by atomic mass is 9.53. The van der Waals surface area contributed by atoms with Crippen LogP contribution in [0.15, 0.2) is 42.5 Å². The minimum absolute atomic E-state index is 0.190. The average Bonchev–Trinajstić information content (AvgIpc) is 2.82. The number of carbonyl (C=O) groups excluding carboxylic acids is 1. The highest BCUT2D eigenvalue weighted by atomic mass is 16.7. The minimum atomic E-state index is -0.665.